The summed E-state index contributed by atoms with van der Waals surface area (Å²) in [5, 5.41) is 13.5. The van der Waals surface area contributed by atoms with Gasteiger partial charge >= 0.3 is 0 Å². The smallest absolute Gasteiger partial charge is 0.237 e. The van der Waals surface area contributed by atoms with E-state index in [-0.39, 0.29) is 16.7 Å². The van der Waals surface area contributed by atoms with Crippen molar-refractivity contribution in [2.24, 2.45) is 16.5 Å². The van der Waals surface area contributed by atoms with Crippen LogP contribution in [0.15, 0.2) is 51.7 Å². The molecule has 0 bridgehead atoms. The molecule has 136 valence electrons. The van der Waals surface area contributed by atoms with Gasteiger partial charge in [-0.05, 0) is 31.4 Å². The van der Waals surface area contributed by atoms with Crippen LogP contribution >= 0.6 is 11.8 Å². The Morgan fingerprint density at radius 1 is 1.20 bits per heavy atom. The Labute approximate surface area is 153 Å². The van der Waals surface area contributed by atoms with Crippen molar-refractivity contribution in [1.29, 1.82) is 0 Å². The molecule has 25 heavy (non-hydrogen) atoms. The number of thioether (sulfide) groups is 1. The molecular weight excluding hydrogens is 336 g/mol. The van der Waals surface area contributed by atoms with Gasteiger partial charge in [0.25, 0.3) is 0 Å². The Balaban J connectivity index is 0.00000151. The molecule has 0 amide bonds. The highest BCUT2D eigenvalue weighted by molar-refractivity contribution is 8.13. The van der Waals surface area contributed by atoms with E-state index in [0.717, 1.165) is 17.2 Å². The van der Waals surface area contributed by atoms with Crippen LogP contribution in [0.25, 0.3) is 5.70 Å². The van der Waals surface area contributed by atoms with E-state index in [9.17, 15) is 5.11 Å². The molecule has 0 fully saturated rings. The first-order chi connectivity index (χ1) is 12.0. The van der Waals surface area contributed by atoms with Gasteiger partial charge in [-0.2, -0.15) is 4.99 Å². The summed E-state index contributed by atoms with van der Waals surface area (Å²) >= 11 is 1.23. The van der Waals surface area contributed by atoms with Gasteiger partial charge in [0.1, 0.15) is 17.2 Å². The molecule has 2 rings (SSSR count). The monoisotopic (exact) mass is 362 g/mol. The van der Waals surface area contributed by atoms with Crippen molar-refractivity contribution in [2.75, 3.05) is 11.6 Å². The first-order valence-electron chi connectivity index (χ1n) is 7.96. The number of nitrogens with two attached hydrogens (primary N) is 2. The minimum Gasteiger partial charge on any atom is -0.492 e. The number of aliphatic hydroxyl groups excluding tert-OH is 1. The molecule has 6 N–H and O–H groups in total. The van der Waals surface area contributed by atoms with E-state index >= 15 is 0 Å². The van der Waals surface area contributed by atoms with Gasteiger partial charge in [-0.25, -0.2) is 0 Å². The minimum atomic E-state index is -0.306. The summed E-state index contributed by atoms with van der Waals surface area (Å²) in [4.78, 5) is 3.86. The molecule has 0 aliphatic heterocycles. The number of nitrogens with zero attached hydrogens (tertiary/aromatic N) is 1. The van der Waals surface area contributed by atoms with Crippen LogP contribution in [0.5, 0.6) is 0 Å². The lowest BCUT2D eigenvalue weighted by molar-refractivity contribution is 0.409. The predicted molar refractivity (Wildman–Crippen MR) is 107 cm³/mol. The van der Waals surface area contributed by atoms with Crippen LogP contribution in [-0.4, -0.2) is 16.5 Å². The zero-order valence-corrected chi connectivity index (χ0v) is 15.9. The molecule has 0 unspecified atom stereocenters. The fourth-order valence-corrected chi connectivity index (χ4v) is 2.14. The number of amidine groups is 1. The van der Waals surface area contributed by atoms with Crippen LogP contribution in [0, 0.1) is 6.92 Å². The second kappa shape index (κ2) is 10.4. The van der Waals surface area contributed by atoms with Gasteiger partial charge in [0.15, 0.2) is 5.17 Å². The first-order valence-corrected chi connectivity index (χ1v) is 9.19. The van der Waals surface area contributed by atoms with Crippen LogP contribution in [0.2, 0.25) is 0 Å². The van der Waals surface area contributed by atoms with Crippen LogP contribution in [-0.2, 0) is 6.54 Å². The molecule has 6 nitrogen and oxygen atoms in total. The number of aryl methyl sites for hydroxylation is 1. The van der Waals surface area contributed by atoms with E-state index in [2.05, 4.69) is 10.3 Å². The molecule has 0 radical (unpaired) electrons. The van der Waals surface area contributed by atoms with Crippen LogP contribution in [0.4, 0.5) is 5.69 Å². The molecule has 1 aromatic heterocycles. The van der Waals surface area contributed by atoms with E-state index in [1.807, 2.05) is 51.1 Å². The van der Waals surface area contributed by atoms with E-state index in [0.29, 0.717) is 12.1 Å². The maximum absolute atomic E-state index is 10.0. The molecule has 1 heterocycles. The van der Waals surface area contributed by atoms with Gasteiger partial charge in [0.05, 0.1) is 6.54 Å². The van der Waals surface area contributed by atoms with Gasteiger partial charge in [0, 0.05) is 11.3 Å². The third kappa shape index (κ3) is 6.11. The number of para-hydroxylation sites is 1. The Morgan fingerprint density at radius 3 is 2.48 bits per heavy atom. The highest BCUT2D eigenvalue weighted by Crippen LogP contribution is 2.23. The van der Waals surface area contributed by atoms with E-state index in [1.165, 1.54) is 11.8 Å². The summed E-state index contributed by atoms with van der Waals surface area (Å²) in [6, 6.07) is 11.2. The number of aliphatic imine (C=N–C) groups is 1. The molecule has 0 atom stereocenters. The lowest BCUT2D eigenvalue weighted by Crippen LogP contribution is -2.10. The fraction of sp³-hybridized carbons (Fsp3) is 0.278. The number of rotatable bonds is 5. The molecular formula is C18H26N4O2S. The standard InChI is InChI=1S/C16H20N4O2S.C2H6/c1-10-7-8-11(22-10)9-19-13-6-4-3-5-12(13)14(17)15(21)20-16(18)23-2;1-2/h3-8,19,21H,9,17H2,1-2H3,(H2,18,20);1-2H3/b15-14+;. The Morgan fingerprint density at radius 2 is 1.88 bits per heavy atom. The SMILES string of the molecule is CC.CS/C(N)=N/C(O)=C(\N)c1ccccc1NCc1ccc(C)o1. The number of aliphatic hydroxyl groups is 1. The van der Waals surface area contributed by atoms with Crippen molar-refractivity contribution in [1.82, 2.24) is 0 Å². The van der Waals surface area contributed by atoms with Gasteiger partial charge in [0.2, 0.25) is 5.88 Å². The highest BCUT2D eigenvalue weighted by Gasteiger charge is 2.10. The summed E-state index contributed by atoms with van der Waals surface area (Å²) in [6.07, 6.45) is 1.77. The van der Waals surface area contributed by atoms with Crippen molar-refractivity contribution in [2.45, 2.75) is 27.3 Å². The maximum atomic E-state index is 10.0. The minimum absolute atomic E-state index is 0.153. The summed E-state index contributed by atoms with van der Waals surface area (Å²) < 4.78 is 5.52. The van der Waals surface area contributed by atoms with Crippen LogP contribution in [0.3, 0.4) is 0 Å². The summed E-state index contributed by atoms with van der Waals surface area (Å²) in [5.41, 5.74) is 13.2. The molecule has 0 aliphatic carbocycles. The largest absolute Gasteiger partial charge is 0.492 e. The lowest BCUT2D eigenvalue weighted by Gasteiger charge is -2.12. The second-order valence-corrected chi connectivity index (χ2v) is 5.63. The van der Waals surface area contributed by atoms with Crippen LogP contribution < -0.4 is 16.8 Å². The van der Waals surface area contributed by atoms with Crippen molar-refractivity contribution in [3.05, 3.63) is 59.4 Å². The van der Waals surface area contributed by atoms with Crippen LogP contribution in [0.1, 0.15) is 30.9 Å². The molecule has 1 aromatic carbocycles. The molecule has 0 spiro atoms. The van der Waals surface area contributed by atoms with Crippen molar-refractivity contribution in [3.63, 3.8) is 0 Å². The summed E-state index contributed by atoms with van der Waals surface area (Å²) in [7, 11) is 0. The molecule has 0 aliphatic rings. The molecule has 0 saturated carbocycles. The average Bonchev–Trinajstić information content (AvgIpc) is 3.06. The number of benzene rings is 1. The van der Waals surface area contributed by atoms with Crippen molar-refractivity contribution >= 4 is 28.3 Å². The summed E-state index contributed by atoms with van der Waals surface area (Å²) in [5.74, 6) is 1.36. The first kappa shape index (κ1) is 20.5. The molecule has 0 saturated heterocycles. The van der Waals surface area contributed by atoms with Gasteiger partial charge in [-0.3, -0.25) is 0 Å². The normalized spacial score (nSPS) is 12.1. The zero-order chi connectivity index (χ0) is 18.8. The molecule has 7 heteroatoms. The number of hydrogen-bond acceptors (Lipinski definition) is 6. The highest BCUT2D eigenvalue weighted by atomic mass is 32.2. The topological polar surface area (TPSA) is 110 Å². The lowest BCUT2D eigenvalue weighted by atomic mass is 10.1. The third-order valence-electron chi connectivity index (χ3n) is 3.13. The average molecular weight is 362 g/mol. The quantitative estimate of drug-likeness (QED) is 0.363. The van der Waals surface area contributed by atoms with Crippen molar-refractivity contribution < 1.29 is 9.52 Å². The predicted octanol–water partition coefficient (Wildman–Crippen LogP) is 4.05. The number of anilines is 1. The fourth-order valence-electron chi connectivity index (χ4n) is 1.97. The van der Waals surface area contributed by atoms with E-state index < -0.39 is 0 Å². The zero-order valence-electron chi connectivity index (χ0n) is 15.0. The second-order valence-electron chi connectivity index (χ2n) is 4.80. The van der Waals surface area contributed by atoms with Gasteiger partial charge in [-0.15, -0.1) is 0 Å². The summed E-state index contributed by atoms with van der Waals surface area (Å²) in [6.45, 7) is 6.40. The number of hydrogen-bond donors (Lipinski definition) is 4. The Bertz CT molecular complexity index is 738. The number of furan rings is 1. The van der Waals surface area contributed by atoms with Crippen molar-refractivity contribution in [3.8, 4) is 0 Å². The molecule has 2 aromatic rings. The van der Waals surface area contributed by atoms with E-state index in [1.54, 1.807) is 12.3 Å². The number of nitrogens with one attached hydrogen (secondary N) is 1. The van der Waals surface area contributed by atoms with E-state index in [4.69, 9.17) is 15.9 Å². The van der Waals surface area contributed by atoms with Gasteiger partial charge < -0.3 is 26.3 Å². The Hall–Kier alpha value is -2.54. The third-order valence-corrected chi connectivity index (χ3v) is 3.64. The van der Waals surface area contributed by atoms with Gasteiger partial charge in [-0.1, -0.05) is 43.8 Å². The maximum Gasteiger partial charge on any atom is 0.237 e. The Kier molecular flexibility index (Phi) is 8.49.